The third kappa shape index (κ3) is 5.47. The van der Waals surface area contributed by atoms with E-state index >= 15 is 0 Å². The molecule has 0 radical (unpaired) electrons. The fourth-order valence-electron chi connectivity index (χ4n) is 7.77. The number of hydrogen-bond acceptors (Lipinski definition) is 4. The van der Waals surface area contributed by atoms with Crippen molar-refractivity contribution in [3.8, 4) is 22.3 Å². The zero-order valence-corrected chi connectivity index (χ0v) is 27.9. The molecule has 4 nitrogen and oxygen atoms in total. The summed E-state index contributed by atoms with van der Waals surface area (Å²) in [5.41, 5.74) is 9.92. The Hall–Kier alpha value is -6.04. The lowest BCUT2D eigenvalue weighted by Gasteiger charge is -2.40. The van der Waals surface area contributed by atoms with Crippen LogP contribution in [0.4, 0.5) is 0 Å². The van der Waals surface area contributed by atoms with E-state index in [1.54, 1.807) is 0 Å². The van der Waals surface area contributed by atoms with Crippen LogP contribution in [0.25, 0.3) is 65.7 Å². The predicted octanol–water partition coefficient (Wildman–Crippen LogP) is 11.4. The number of rotatable bonds is 5. The van der Waals surface area contributed by atoms with Crippen LogP contribution in [0, 0.1) is 0 Å². The molecule has 0 aliphatic carbocycles. The Morgan fingerprint density at radius 1 is 0.353 bits per heavy atom. The molecule has 2 heterocycles. The van der Waals surface area contributed by atoms with Crippen LogP contribution < -0.4 is 16.0 Å². The predicted molar refractivity (Wildman–Crippen MR) is 210 cm³/mol. The number of para-hydroxylation sites is 1. The Morgan fingerprint density at radius 2 is 0.902 bits per heavy atom. The minimum Gasteiger partial charge on any atom is -0.456 e. The Labute approximate surface area is 296 Å². The summed E-state index contributed by atoms with van der Waals surface area (Å²) < 4.78 is 6.61. The van der Waals surface area contributed by atoms with Gasteiger partial charge in [0.05, 0.1) is 18.5 Å². The second kappa shape index (κ2) is 12.4. The average molecular weight is 658 g/mol. The molecule has 51 heavy (non-hydrogen) atoms. The number of furan rings is 1. The molecule has 9 aromatic rings. The van der Waals surface area contributed by atoms with Crippen molar-refractivity contribution in [2.45, 2.75) is 18.5 Å². The molecule has 4 heteroatoms. The van der Waals surface area contributed by atoms with Crippen molar-refractivity contribution in [3.63, 3.8) is 0 Å². The van der Waals surface area contributed by atoms with E-state index in [0.29, 0.717) is 0 Å². The highest BCUT2D eigenvalue weighted by Crippen LogP contribution is 2.40. The highest BCUT2D eigenvalue weighted by Gasteiger charge is 2.32. The van der Waals surface area contributed by atoms with Crippen molar-refractivity contribution < 1.29 is 4.42 Å². The fraction of sp³-hybridized carbons (Fsp3) is 0.0638. The Kier molecular flexibility index (Phi) is 7.24. The van der Waals surface area contributed by atoms with Gasteiger partial charge in [-0.3, -0.25) is 16.0 Å². The number of fused-ring (bicyclic) bond motifs is 5. The van der Waals surface area contributed by atoms with Crippen LogP contribution in [-0.2, 0) is 0 Å². The SMILES string of the molecule is c1ccc(-c2cccc(-c3cc(C4NC(c5ccc6ccccc6c5)NC(c5ccc6ccccc6c5)N4)c4c(c3)oc3ccccc34)c2)cc1. The largest absolute Gasteiger partial charge is 0.456 e. The Bertz CT molecular complexity index is 2630. The molecular formula is C47H35N3O. The first kappa shape index (κ1) is 29.8. The first-order chi connectivity index (χ1) is 25.2. The lowest BCUT2D eigenvalue weighted by Crippen LogP contribution is -2.54. The van der Waals surface area contributed by atoms with Gasteiger partial charge in [0.2, 0.25) is 0 Å². The van der Waals surface area contributed by atoms with Crippen molar-refractivity contribution in [2.75, 3.05) is 0 Å². The number of benzene rings is 8. The van der Waals surface area contributed by atoms with Crippen molar-refractivity contribution in [2.24, 2.45) is 0 Å². The van der Waals surface area contributed by atoms with Gasteiger partial charge in [0.25, 0.3) is 0 Å². The minimum atomic E-state index is -0.208. The number of nitrogens with one attached hydrogen (secondary N) is 3. The molecule has 1 aliphatic rings. The lowest BCUT2D eigenvalue weighted by molar-refractivity contribution is 0.204. The van der Waals surface area contributed by atoms with Gasteiger partial charge in [-0.1, -0.05) is 140 Å². The summed E-state index contributed by atoms with van der Waals surface area (Å²) in [7, 11) is 0. The summed E-state index contributed by atoms with van der Waals surface area (Å²) in [5.74, 6) is 0. The number of hydrogen-bond donors (Lipinski definition) is 3. The first-order valence-corrected chi connectivity index (χ1v) is 17.6. The van der Waals surface area contributed by atoms with Crippen LogP contribution in [-0.4, -0.2) is 0 Å². The smallest absolute Gasteiger partial charge is 0.136 e. The average Bonchev–Trinajstić information content (AvgIpc) is 3.59. The minimum absolute atomic E-state index is 0.129. The second-order valence-corrected chi connectivity index (χ2v) is 13.5. The van der Waals surface area contributed by atoms with Gasteiger partial charge in [0.1, 0.15) is 11.2 Å². The van der Waals surface area contributed by atoms with Gasteiger partial charge in [-0.05, 0) is 96.9 Å². The van der Waals surface area contributed by atoms with Crippen LogP contribution in [0.15, 0.2) is 180 Å². The van der Waals surface area contributed by atoms with E-state index in [1.165, 1.54) is 43.8 Å². The molecule has 2 unspecified atom stereocenters. The first-order valence-electron chi connectivity index (χ1n) is 17.6. The fourth-order valence-corrected chi connectivity index (χ4v) is 7.77. The van der Waals surface area contributed by atoms with Crippen molar-refractivity contribution in [1.29, 1.82) is 0 Å². The highest BCUT2D eigenvalue weighted by atomic mass is 16.3. The van der Waals surface area contributed by atoms with Gasteiger partial charge in [0.15, 0.2) is 0 Å². The van der Waals surface area contributed by atoms with E-state index < -0.39 is 0 Å². The van der Waals surface area contributed by atoms with Crippen LogP contribution >= 0.6 is 0 Å². The van der Waals surface area contributed by atoms with Crippen molar-refractivity contribution in [3.05, 3.63) is 193 Å². The highest BCUT2D eigenvalue weighted by molar-refractivity contribution is 6.08. The van der Waals surface area contributed by atoms with Gasteiger partial charge in [-0.15, -0.1) is 0 Å². The van der Waals surface area contributed by atoms with E-state index in [2.05, 4.69) is 186 Å². The summed E-state index contributed by atoms with van der Waals surface area (Å²) in [6, 6.07) is 62.9. The van der Waals surface area contributed by atoms with Gasteiger partial charge in [-0.25, -0.2) is 0 Å². The molecule has 10 rings (SSSR count). The van der Waals surface area contributed by atoms with E-state index in [1.807, 2.05) is 6.07 Å². The summed E-state index contributed by atoms with van der Waals surface area (Å²) in [4.78, 5) is 0. The maximum Gasteiger partial charge on any atom is 0.136 e. The molecule has 1 saturated heterocycles. The third-order valence-corrected chi connectivity index (χ3v) is 10.3. The molecule has 3 N–H and O–H groups in total. The van der Waals surface area contributed by atoms with E-state index in [0.717, 1.165) is 38.6 Å². The van der Waals surface area contributed by atoms with Gasteiger partial charge < -0.3 is 4.42 Å². The summed E-state index contributed by atoms with van der Waals surface area (Å²) in [6.45, 7) is 0. The van der Waals surface area contributed by atoms with Gasteiger partial charge in [0, 0.05) is 10.8 Å². The lowest BCUT2D eigenvalue weighted by atomic mass is 9.94. The van der Waals surface area contributed by atoms with Gasteiger partial charge >= 0.3 is 0 Å². The Morgan fingerprint density at radius 3 is 1.59 bits per heavy atom. The van der Waals surface area contributed by atoms with Crippen molar-refractivity contribution in [1.82, 2.24) is 16.0 Å². The van der Waals surface area contributed by atoms with Crippen LogP contribution in [0.5, 0.6) is 0 Å². The summed E-state index contributed by atoms with van der Waals surface area (Å²) >= 11 is 0. The van der Waals surface area contributed by atoms with Gasteiger partial charge in [-0.2, -0.15) is 0 Å². The van der Waals surface area contributed by atoms with Crippen LogP contribution in [0.1, 0.15) is 35.2 Å². The maximum atomic E-state index is 6.61. The molecular weight excluding hydrogens is 623 g/mol. The normalized spacial score (nSPS) is 17.8. The van der Waals surface area contributed by atoms with Crippen LogP contribution in [0.3, 0.4) is 0 Å². The molecule has 1 aliphatic heterocycles. The van der Waals surface area contributed by atoms with Crippen molar-refractivity contribution >= 4 is 43.5 Å². The third-order valence-electron chi connectivity index (χ3n) is 10.3. The maximum absolute atomic E-state index is 6.61. The monoisotopic (exact) mass is 657 g/mol. The molecule has 0 saturated carbocycles. The molecule has 0 spiro atoms. The van der Waals surface area contributed by atoms with E-state index in [9.17, 15) is 0 Å². The Balaban J connectivity index is 1.14. The summed E-state index contributed by atoms with van der Waals surface area (Å²) in [5, 5.41) is 19.0. The molecule has 1 fully saturated rings. The quantitative estimate of drug-likeness (QED) is 0.172. The molecule has 244 valence electrons. The molecule has 1 aromatic heterocycles. The molecule has 2 atom stereocenters. The van der Waals surface area contributed by atoms with E-state index in [-0.39, 0.29) is 18.5 Å². The molecule has 0 amide bonds. The van der Waals surface area contributed by atoms with E-state index in [4.69, 9.17) is 4.42 Å². The zero-order valence-electron chi connectivity index (χ0n) is 27.9. The topological polar surface area (TPSA) is 49.2 Å². The standard InChI is InChI=1S/C47H35N3O/c1-2-11-30(12-3-1)35-17-10-18-36(25-35)39-28-41(44-40-19-8-9-20-42(40)51-43(44)29-39)47-49-45(37-23-21-31-13-4-6-15-33(31)26-37)48-46(50-47)38-24-22-32-14-5-7-16-34(32)27-38/h1-29,45-50H. The summed E-state index contributed by atoms with van der Waals surface area (Å²) in [6.07, 6.45) is -0.467. The molecule has 0 bridgehead atoms. The second-order valence-electron chi connectivity index (χ2n) is 13.5. The van der Waals surface area contributed by atoms with Crippen LogP contribution in [0.2, 0.25) is 0 Å². The molecule has 8 aromatic carbocycles. The zero-order chi connectivity index (χ0) is 33.7.